The minimum atomic E-state index is 0.711. The number of aromatic nitrogens is 2. The second kappa shape index (κ2) is 11.3. The lowest BCUT2D eigenvalue weighted by molar-refractivity contribution is 0.672. The van der Waals surface area contributed by atoms with Crippen LogP contribution in [0.15, 0.2) is 150 Å². The molecular formula is C46H32N2O. The average molecular weight is 629 g/mol. The maximum absolute atomic E-state index is 6.65. The third-order valence-electron chi connectivity index (χ3n) is 10.2. The van der Waals surface area contributed by atoms with Crippen molar-refractivity contribution in [1.29, 1.82) is 0 Å². The molecule has 0 N–H and O–H groups in total. The normalized spacial score (nSPS) is 13.5. The van der Waals surface area contributed by atoms with Crippen LogP contribution in [0.3, 0.4) is 0 Å². The summed E-state index contributed by atoms with van der Waals surface area (Å²) in [4.78, 5) is 10.4. The van der Waals surface area contributed by atoms with Crippen LogP contribution in [0.2, 0.25) is 0 Å². The summed E-state index contributed by atoms with van der Waals surface area (Å²) in [5.41, 5.74) is 10.8. The van der Waals surface area contributed by atoms with Gasteiger partial charge in [0, 0.05) is 32.7 Å². The van der Waals surface area contributed by atoms with E-state index in [1.807, 2.05) is 6.07 Å². The second-order valence-electron chi connectivity index (χ2n) is 13.2. The van der Waals surface area contributed by atoms with Gasteiger partial charge in [-0.2, -0.15) is 0 Å². The molecular weight excluding hydrogens is 597 g/mol. The Kier molecular flexibility index (Phi) is 6.45. The molecule has 49 heavy (non-hydrogen) atoms. The van der Waals surface area contributed by atoms with Gasteiger partial charge in [0.1, 0.15) is 11.2 Å². The summed E-state index contributed by atoms with van der Waals surface area (Å²) in [6.07, 6.45) is 7.13. The van der Waals surface area contributed by atoms with E-state index in [1.165, 1.54) is 56.6 Å². The molecule has 7 aromatic carbocycles. The number of furan rings is 1. The van der Waals surface area contributed by atoms with Crippen molar-refractivity contribution in [3.8, 4) is 33.8 Å². The Labute approximate surface area is 284 Å². The van der Waals surface area contributed by atoms with Crippen LogP contribution in [-0.2, 0) is 0 Å². The number of nitrogens with zero attached hydrogens (tertiary/aromatic N) is 2. The molecule has 0 aliphatic heterocycles. The Hall–Kier alpha value is -6.06. The first-order valence-electron chi connectivity index (χ1n) is 17.2. The molecule has 3 heteroatoms. The Bertz CT molecular complexity index is 2770. The van der Waals surface area contributed by atoms with Gasteiger partial charge in [0.05, 0.1) is 11.2 Å². The van der Waals surface area contributed by atoms with Crippen LogP contribution in [0.1, 0.15) is 31.2 Å². The molecule has 0 saturated heterocycles. The number of benzene rings is 7. The number of hydrogen-bond acceptors (Lipinski definition) is 3. The summed E-state index contributed by atoms with van der Waals surface area (Å²) in [7, 11) is 0. The molecule has 0 fully saturated rings. The number of allylic oxidation sites excluding steroid dienone is 2. The summed E-state index contributed by atoms with van der Waals surface area (Å²) in [6, 6.07) is 49.6. The van der Waals surface area contributed by atoms with Crippen LogP contribution >= 0.6 is 0 Å². The molecule has 3 nitrogen and oxygen atoms in total. The van der Waals surface area contributed by atoms with Crippen LogP contribution < -0.4 is 0 Å². The lowest BCUT2D eigenvalue weighted by Gasteiger charge is -2.15. The first kappa shape index (κ1) is 28.0. The lowest BCUT2D eigenvalue weighted by Crippen LogP contribution is -1.95. The van der Waals surface area contributed by atoms with Gasteiger partial charge >= 0.3 is 0 Å². The van der Waals surface area contributed by atoms with Crippen molar-refractivity contribution in [1.82, 2.24) is 9.97 Å². The van der Waals surface area contributed by atoms with Gasteiger partial charge in [0.25, 0.3) is 0 Å². The SMILES string of the molecule is C1=C(c2cc3ccccc3c3oc4ccc(-c5nc(-c6ccc(-c7ccc8ccccc8c7)cc6)c6ccccc6n5)cc4c23)CCCC1. The Morgan fingerprint density at radius 2 is 1.24 bits per heavy atom. The van der Waals surface area contributed by atoms with Crippen molar-refractivity contribution < 1.29 is 4.42 Å². The third kappa shape index (κ3) is 4.73. The average Bonchev–Trinajstić information content (AvgIpc) is 3.57. The molecule has 0 saturated carbocycles. The highest BCUT2D eigenvalue weighted by atomic mass is 16.3. The quantitative estimate of drug-likeness (QED) is 0.195. The van der Waals surface area contributed by atoms with Gasteiger partial charge in [-0.1, -0.05) is 109 Å². The number of hydrogen-bond donors (Lipinski definition) is 0. The molecule has 232 valence electrons. The molecule has 9 aromatic rings. The van der Waals surface area contributed by atoms with E-state index in [-0.39, 0.29) is 0 Å². The first-order chi connectivity index (χ1) is 24.3. The minimum absolute atomic E-state index is 0.711. The number of fused-ring (bicyclic) bond motifs is 7. The van der Waals surface area contributed by atoms with Crippen LogP contribution in [0, 0.1) is 0 Å². The van der Waals surface area contributed by atoms with Crippen molar-refractivity contribution in [2.75, 3.05) is 0 Å². The fraction of sp³-hybridized carbons (Fsp3) is 0.0870. The van der Waals surface area contributed by atoms with E-state index in [4.69, 9.17) is 14.4 Å². The third-order valence-corrected chi connectivity index (χ3v) is 10.2. The van der Waals surface area contributed by atoms with Crippen LogP contribution in [0.25, 0.3) is 93.7 Å². The van der Waals surface area contributed by atoms with E-state index in [2.05, 4.69) is 140 Å². The zero-order chi connectivity index (χ0) is 32.3. The highest BCUT2D eigenvalue weighted by Gasteiger charge is 2.20. The topological polar surface area (TPSA) is 38.9 Å². The van der Waals surface area contributed by atoms with Crippen molar-refractivity contribution in [3.63, 3.8) is 0 Å². The van der Waals surface area contributed by atoms with Crippen LogP contribution in [-0.4, -0.2) is 9.97 Å². The molecule has 0 unspecified atom stereocenters. The molecule has 0 amide bonds. The van der Waals surface area contributed by atoms with E-state index < -0.39 is 0 Å². The predicted molar refractivity (Wildman–Crippen MR) is 205 cm³/mol. The lowest BCUT2D eigenvalue weighted by atomic mass is 9.89. The second-order valence-corrected chi connectivity index (χ2v) is 13.2. The molecule has 0 spiro atoms. The highest BCUT2D eigenvalue weighted by Crippen LogP contribution is 2.43. The Morgan fingerprint density at radius 3 is 2.10 bits per heavy atom. The molecule has 2 heterocycles. The molecule has 1 aliphatic carbocycles. The first-order valence-corrected chi connectivity index (χ1v) is 17.2. The van der Waals surface area contributed by atoms with Gasteiger partial charge in [-0.05, 0) is 101 Å². The van der Waals surface area contributed by atoms with E-state index >= 15 is 0 Å². The van der Waals surface area contributed by atoms with Gasteiger partial charge < -0.3 is 4.42 Å². The fourth-order valence-corrected chi connectivity index (χ4v) is 7.70. The molecule has 10 rings (SSSR count). The van der Waals surface area contributed by atoms with Gasteiger partial charge in [-0.15, -0.1) is 0 Å². The summed E-state index contributed by atoms with van der Waals surface area (Å²) in [5.74, 6) is 0.711. The van der Waals surface area contributed by atoms with Gasteiger partial charge in [0.2, 0.25) is 0 Å². The van der Waals surface area contributed by atoms with E-state index in [1.54, 1.807) is 0 Å². The monoisotopic (exact) mass is 628 g/mol. The van der Waals surface area contributed by atoms with Crippen LogP contribution in [0.4, 0.5) is 0 Å². The van der Waals surface area contributed by atoms with E-state index in [9.17, 15) is 0 Å². The number of para-hydroxylation sites is 1. The maximum Gasteiger partial charge on any atom is 0.160 e. The van der Waals surface area contributed by atoms with Gasteiger partial charge in [-0.25, -0.2) is 9.97 Å². The summed E-state index contributed by atoms with van der Waals surface area (Å²) >= 11 is 0. The minimum Gasteiger partial charge on any atom is -0.455 e. The van der Waals surface area contributed by atoms with Crippen molar-refractivity contribution >= 4 is 60.0 Å². The van der Waals surface area contributed by atoms with Gasteiger partial charge in [-0.3, -0.25) is 0 Å². The summed E-state index contributed by atoms with van der Waals surface area (Å²) in [6.45, 7) is 0. The molecule has 0 atom stereocenters. The largest absolute Gasteiger partial charge is 0.455 e. The van der Waals surface area contributed by atoms with Gasteiger partial charge in [0.15, 0.2) is 5.82 Å². The Balaban J connectivity index is 1.12. The molecule has 2 aromatic heterocycles. The van der Waals surface area contributed by atoms with Crippen molar-refractivity contribution in [3.05, 3.63) is 151 Å². The summed E-state index contributed by atoms with van der Waals surface area (Å²) in [5, 5.41) is 8.19. The highest BCUT2D eigenvalue weighted by molar-refractivity contribution is 6.19. The maximum atomic E-state index is 6.65. The van der Waals surface area contributed by atoms with Crippen molar-refractivity contribution in [2.24, 2.45) is 0 Å². The summed E-state index contributed by atoms with van der Waals surface area (Å²) < 4.78 is 6.65. The number of rotatable bonds is 4. The van der Waals surface area contributed by atoms with Crippen LogP contribution in [0.5, 0.6) is 0 Å². The fourth-order valence-electron chi connectivity index (χ4n) is 7.70. The smallest absolute Gasteiger partial charge is 0.160 e. The standard InChI is InChI=1S/C46H32N2O/c1-2-11-31(12-3-1)39-27-35-14-6-7-15-37(35)45-43(39)40-28-36(24-25-42(40)49-45)46-47-41-17-9-8-16-38(41)44(48-46)32-21-18-30(19-22-32)34-23-20-29-10-4-5-13-33(29)26-34/h4-11,13-28H,1-3,12H2. The predicted octanol–water partition coefficient (Wildman–Crippen LogP) is 12.8. The zero-order valence-electron chi connectivity index (χ0n) is 27.0. The zero-order valence-corrected chi connectivity index (χ0v) is 27.0. The molecule has 1 aliphatic rings. The molecule has 0 bridgehead atoms. The Morgan fingerprint density at radius 1 is 0.510 bits per heavy atom. The van der Waals surface area contributed by atoms with E-state index in [0.717, 1.165) is 62.5 Å². The molecule has 0 radical (unpaired) electrons. The van der Waals surface area contributed by atoms with Crippen molar-refractivity contribution in [2.45, 2.75) is 25.7 Å². The van der Waals surface area contributed by atoms with E-state index in [0.29, 0.717) is 5.82 Å².